The van der Waals surface area contributed by atoms with Crippen molar-refractivity contribution < 1.29 is 29.3 Å². The first-order valence-electron chi connectivity index (χ1n) is 12.2. The number of carbonyl (C=O) groups excluding carboxylic acids is 1. The van der Waals surface area contributed by atoms with Crippen LogP contribution in [0.5, 0.6) is 0 Å². The van der Waals surface area contributed by atoms with E-state index in [9.17, 15) is 14.4 Å². The first kappa shape index (κ1) is 27.7. The molecule has 3 saturated heterocycles. The van der Waals surface area contributed by atoms with Crippen LogP contribution >= 0.6 is 17.0 Å². The van der Waals surface area contributed by atoms with Crippen LogP contribution in [0.1, 0.15) is 48.4 Å². The fourth-order valence-electron chi connectivity index (χ4n) is 5.21. The molecule has 2 bridgehead atoms. The molecule has 4 aliphatic heterocycles. The number of piperidine rings is 3. The SMILES string of the molecule is Br.O=C(O)CCC(=O)O.O=C(O[C@H]1CN2CCC1CC2)N1CCc2ccccc2[C@@H]1c1ccccc1. The molecule has 36 heavy (non-hydrogen) atoms. The molecule has 0 aromatic heterocycles. The highest BCUT2D eigenvalue weighted by molar-refractivity contribution is 8.93. The lowest BCUT2D eigenvalue weighted by molar-refractivity contribution is -0.143. The van der Waals surface area contributed by atoms with Crippen molar-refractivity contribution in [3.63, 3.8) is 0 Å². The predicted octanol–water partition coefficient (Wildman–Crippen LogP) is 4.38. The van der Waals surface area contributed by atoms with Gasteiger partial charge in [0.05, 0.1) is 18.9 Å². The Morgan fingerprint density at radius 3 is 2.06 bits per heavy atom. The zero-order valence-corrected chi connectivity index (χ0v) is 21.8. The zero-order chi connectivity index (χ0) is 24.8. The summed E-state index contributed by atoms with van der Waals surface area (Å²) in [5.74, 6) is -1.62. The van der Waals surface area contributed by atoms with Crippen molar-refractivity contribution >= 4 is 35.0 Å². The highest BCUT2D eigenvalue weighted by Crippen LogP contribution is 2.36. The molecule has 0 unspecified atom stereocenters. The summed E-state index contributed by atoms with van der Waals surface area (Å²) >= 11 is 0. The van der Waals surface area contributed by atoms with Crippen LogP contribution < -0.4 is 0 Å². The van der Waals surface area contributed by atoms with Gasteiger partial charge in [0.25, 0.3) is 0 Å². The van der Waals surface area contributed by atoms with Crippen LogP contribution in [-0.2, 0) is 20.7 Å². The van der Waals surface area contributed by atoms with Gasteiger partial charge in [-0.3, -0.25) is 19.4 Å². The first-order valence-corrected chi connectivity index (χ1v) is 12.2. The van der Waals surface area contributed by atoms with Crippen LogP contribution in [0, 0.1) is 5.92 Å². The molecule has 4 heterocycles. The quantitative estimate of drug-likeness (QED) is 0.558. The maximum absolute atomic E-state index is 13.2. The lowest BCUT2D eigenvalue weighted by atomic mass is 9.86. The van der Waals surface area contributed by atoms with Gasteiger partial charge in [-0.25, -0.2) is 4.79 Å². The molecule has 0 spiro atoms. The van der Waals surface area contributed by atoms with Crippen LogP contribution in [0.2, 0.25) is 0 Å². The number of hydrogen-bond acceptors (Lipinski definition) is 5. The summed E-state index contributed by atoms with van der Waals surface area (Å²) in [5.41, 5.74) is 3.70. The van der Waals surface area contributed by atoms with Crippen molar-refractivity contribution in [2.75, 3.05) is 26.2 Å². The number of carboxylic acid groups (broad SMARTS) is 2. The molecule has 0 aliphatic carbocycles. The molecule has 194 valence electrons. The van der Waals surface area contributed by atoms with Crippen LogP contribution in [0.4, 0.5) is 4.79 Å². The average molecular weight is 561 g/mol. The maximum atomic E-state index is 13.2. The molecule has 3 fully saturated rings. The third-order valence-corrected chi connectivity index (χ3v) is 7.03. The number of hydrogen-bond donors (Lipinski definition) is 2. The molecule has 1 amide bonds. The molecule has 9 heteroatoms. The number of amides is 1. The number of benzene rings is 2. The number of rotatable bonds is 5. The minimum absolute atomic E-state index is 0. The summed E-state index contributed by atoms with van der Waals surface area (Å²) in [6, 6.07) is 18.8. The highest BCUT2D eigenvalue weighted by Gasteiger charge is 2.39. The molecule has 2 aromatic carbocycles. The molecule has 0 radical (unpaired) electrons. The Balaban J connectivity index is 0.000000351. The third kappa shape index (κ3) is 6.85. The number of fused-ring (bicyclic) bond motifs is 4. The van der Waals surface area contributed by atoms with E-state index in [1.165, 1.54) is 11.1 Å². The van der Waals surface area contributed by atoms with E-state index in [-0.39, 0.29) is 48.1 Å². The standard InChI is InChI=1S/C23H26N2O2.C4H6O4.BrH/c26-23(27-21-16-24-13-10-18(21)11-14-24)25-15-12-17-6-4-5-9-20(17)22(25)19-7-2-1-3-8-19;5-3(6)1-2-4(7)8;/h1-9,18,21-22H,10-16H2;1-2H2,(H,5,6)(H,7,8);1H/t21-,22-;;/m0../s1. The zero-order valence-electron chi connectivity index (χ0n) is 20.1. The van der Waals surface area contributed by atoms with Gasteiger partial charge in [-0.1, -0.05) is 54.6 Å². The molecular weight excluding hydrogens is 528 g/mol. The van der Waals surface area contributed by atoms with E-state index >= 15 is 0 Å². The van der Waals surface area contributed by atoms with Gasteiger partial charge in [-0.05, 0) is 55.0 Å². The van der Waals surface area contributed by atoms with E-state index in [1.807, 2.05) is 23.1 Å². The van der Waals surface area contributed by atoms with Gasteiger partial charge >= 0.3 is 18.0 Å². The summed E-state index contributed by atoms with van der Waals surface area (Å²) in [4.78, 5) is 36.9. The van der Waals surface area contributed by atoms with Gasteiger partial charge < -0.3 is 14.9 Å². The van der Waals surface area contributed by atoms with Crippen molar-refractivity contribution in [2.45, 2.75) is 44.2 Å². The minimum Gasteiger partial charge on any atom is -0.481 e. The van der Waals surface area contributed by atoms with E-state index in [1.54, 1.807) is 0 Å². The predicted molar refractivity (Wildman–Crippen MR) is 139 cm³/mol. The van der Waals surface area contributed by atoms with E-state index < -0.39 is 11.9 Å². The fraction of sp³-hybridized carbons (Fsp3) is 0.444. The largest absolute Gasteiger partial charge is 0.481 e. The molecule has 2 aromatic rings. The summed E-state index contributed by atoms with van der Waals surface area (Å²) in [6.07, 6.45) is 2.50. The third-order valence-electron chi connectivity index (χ3n) is 7.03. The number of carboxylic acids is 2. The van der Waals surface area contributed by atoms with Crippen molar-refractivity contribution in [3.8, 4) is 0 Å². The van der Waals surface area contributed by atoms with Gasteiger partial charge in [-0.2, -0.15) is 0 Å². The van der Waals surface area contributed by atoms with E-state index in [0.29, 0.717) is 12.5 Å². The summed E-state index contributed by atoms with van der Waals surface area (Å²) in [7, 11) is 0. The molecule has 8 nitrogen and oxygen atoms in total. The number of ether oxygens (including phenoxy) is 1. The maximum Gasteiger partial charge on any atom is 0.410 e. The Hall–Kier alpha value is -2.91. The Morgan fingerprint density at radius 2 is 1.47 bits per heavy atom. The van der Waals surface area contributed by atoms with Crippen LogP contribution in [0.25, 0.3) is 0 Å². The minimum atomic E-state index is -1.08. The molecule has 2 N–H and O–H groups in total. The molecular formula is C27H33BrN2O6. The Labute approximate surface area is 221 Å². The Bertz CT molecular complexity index is 1030. The molecule has 4 aliphatic rings. The van der Waals surface area contributed by atoms with Crippen molar-refractivity contribution in [3.05, 3.63) is 71.3 Å². The first-order chi connectivity index (χ1) is 16.9. The normalized spacial score (nSPS) is 23.8. The monoisotopic (exact) mass is 560 g/mol. The molecule has 0 saturated carbocycles. The summed E-state index contributed by atoms with van der Waals surface area (Å²) in [5, 5.41) is 15.8. The van der Waals surface area contributed by atoms with Crippen molar-refractivity contribution in [1.29, 1.82) is 0 Å². The van der Waals surface area contributed by atoms with Crippen LogP contribution in [0.15, 0.2) is 54.6 Å². The Morgan fingerprint density at radius 1 is 0.861 bits per heavy atom. The number of nitrogens with zero attached hydrogens (tertiary/aromatic N) is 2. The lowest BCUT2D eigenvalue weighted by Crippen LogP contribution is -2.53. The van der Waals surface area contributed by atoms with E-state index in [4.69, 9.17) is 14.9 Å². The number of carbonyl (C=O) groups is 3. The lowest BCUT2D eigenvalue weighted by Gasteiger charge is -2.45. The molecule has 2 atom stereocenters. The second-order valence-corrected chi connectivity index (χ2v) is 9.30. The summed E-state index contributed by atoms with van der Waals surface area (Å²) in [6.45, 7) is 3.91. The highest BCUT2D eigenvalue weighted by atomic mass is 79.9. The van der Waals surface area contributed by atoms with Crippen LogP contribution in [0.3, 0.4) is 0 Å². The van der Waals surface area contributed by atoms with Gasteiger partial charge in [0.1, 0.15) is 6.10 Å². The topological polar surface area (TPSA) is 107 Å². The van der Waals surface area contributed by atoms with Gasteiger partial charge in [0, 0.05) is 13.1 Å². The van der Waals surface area contributed by atoms with E-state index in [0.717, 1.165) is 44.5 Å². The number of halogens is 1. The van der Waals surface area contributed by atoms with Gasteiger partial charge in [-0.15, -0.1) is 17.0 Å². The fourth-order valence-corrected chi connectivity index (χ4v) is 5.21. The van der Waals surface area contributed by atoms with Crippen molar-refractivity contribution in [2.24, 2.45) is 5.92 Å². The Kier molecular flexibility index (Phi) is 9.89. The second-order valence-electron chi connectivity index (χ2n) is 9.30. The average Bonchev–Trinajstić information content (AvgIpc) is 2.88. The van der Waals surface area contributed by atoms with Gasteiger partial charge in [0.15, 0.2) is 0 Å². The van der Waals surface area contributed by atoms with Crippen molar-refractivity contribution in [1.82, 2.24) is 9.80 Å². The van der Waals surface area contributed by atoms with E-state index in [2.05, 4.69) is 41.3 Å². The molecule has 6 rings (SSSR count). The number of aliphatic carboxylic acids is 2. The second kappa shape index (κ2) is 12.9. The van der Waals surface area contributed by atoms with Gasteiger partial charge in [0.2, 0.25) is 0 Å². The smallest absolute Gasteiger partial charge is 0.410 e. The summed E-state index contributed by atoms with van der Waals surface area (Å²) < 4.78 is 6.08. The van der Waals surface area contributed by atoms with Crippen LogP contribution in [-0.4, -0.2) is 70.3 Å².